The maximum Gasteiger partial charge on any atom is 0.181 e. The van der Waals surface area contributed by atoms with Gasteiger partial charge in [-0.1, -0.05) is 54.6 Å². The fourth-order valence-corrected chi connectivity index (χ4v) is 5.67. The summed E-state index contributed by atoms with van der Waals surface area (Å²) in [5.41, 5.74) is 1.01. The van der Waals surface area contributed by atoms with Crippen molar-refractivity contribution in [1.29, 1.82) is 0 Å². The molecule has 2 aromatic carbocycles. The van der Waals surface area contributed by atoms with Gasteiger partial charge in [0.15, 0.2) is 15.6 Å². The van der Waals surface area contributed by atoms with E-state index in [-0.39, 0.29) is 12.2 Å². The number of benzene rings is 2. The van der Waals surface area contributed by atoms with Crippen molar-refractivity contribution < 1.29 is 27.4 Å². The van der Waals surface area contributed by atoms with Gasteiger partial charge in [-0.3, -0.25) is 0 Å². The van der Waals surface area contributed by atoms with Crippen LogP contribution in [0.15, 0.2) is 83.8 Å². The number of ether oxygens (including phenoxy) is 4. The summed E-state index contributed by atoms with van der Waals surface area (Å²) in [7, 11) is -1.90. The van der Waals surface area contributed by atoms with Gasteiger partial charge >= 0.3 is 0 Å². The molecular weight excluding hydrogens is 464 g/mol. The molecule has 35 heavy (non-hydrogen) atoms. The summed E-state index contributed by atoms with van der Waals surface area (Å²) in [4.78, 5) is 0.329. The molecule has 0 bridgehead atoms. The third kappa shape index (κ3) is 8.32. The highest BCUT2D eigenvalue weighted by atomic mass is 32.2. The van der Waals surface area contributed by atoms with E-state index in [1.165, 1.54) is 0 Å². The Labute approximate surface area is 209 Å². The van der Waals surface area contributed by atoms with Crippen molar-refractivity contribution in [2.24, 2.45) is 0 Å². The van der Waals surface area contributed by atoms with Gasteiger partial charge in [-0.15, -0.1) is 0 Å². The van der Waals surface area contributed by atoms with Gasteiger partial charge in [0.2, 0.25) is 0 Å². The van der Waals surface area contributed by atoms with Crippen LogP contribution in [-0.4, -0.2) is 45.4 Å². The summed E-state index contributed by atoms with van der Waals surface area (Å²) >= 11 is 0. The Morgan fingerprint density at radius 1 is 1.09 bits per heavy atom. The van der Waals surface area contributed by atoms with E-state index in [1.54, 1.807) is 31.4 Å². The molecule has 190 valence electrons. The molecule has 1 unspecified atom stereocenters. The number of allylic oxidation sites excluding steroid dienone is 3. The van der Waals surface area contributed by atoms with Crippen LogP contribution in [-0.2, 0) is 30.7 Å². The Kier molecular flexibility index (Phi) is 9.69. The molecule has 1 fully saturated rings. The van der Waals surface area contributed by atoms with Gasteiger partial charge in [0.05, 0.1) is 36.6 Å². The summed E-state index contributed by atoms with van der Waals surface area (Å²) in [6, 6.07) is 16.3. The van der Waals surface area contributed by atoms with Crippen LogP contribution in [0.2, 0.25) is 0 Å². The minimum absolute atomic E-state index is 0.107. The molecule has 0 saturated carbocycles. The van der Waals surface area contributed by atoms with Crippen LogP contribution in [0.4, 0.5) is 0 Å². The van der Waals surface area contributed by atoms with E-state index in [0.717, 1.165) is 11.3 Å². The lowest BCUT2D eigenvalue weighted by atomic mass is 10.1. The highest BCUT2D eigenvalue weighted by Crippen LogP contribution is 2.25. The molecule has 0 spiro atoms. The van der Waals surface area contributed by atoms with Gasteiger partial charge in [0.1, 0.15) is 11.9 Å². The molecule has 7 heteroatoms. The predicted molar refractivity (Wildman–Crippen MR) is 137 cm³/mol. The fourth-order valence-electron chi connectivity index (χ4n) is 3.86. The van der Waals surface area contributed by atoms with E-state index in [9.17, 15) is 8.42 Å². The van der Waals surface area contributed by atoms with Gasteiger partial charge in [-0.05, 0) is 63.4 Å². The lowest BCUT2D eigenvalue weighted by molar-refractivity contribution is -0.133. The van der Waals surface area contributed by atoms with Crippen molar-refractivity contribution in [3.05, 3.63) is 84.5 Å². The van der Waals surface area contributed by atoms with Crippen LogP contribution < -0.4 is 4.74 Å². The van der Waals surface area contributed by atoms with E-state index in [1.807, 2.05) is 75.4 Å². The third-order valence-corrected chi connectivity index (χ3v) is 7.99. The Morgan fingerprint density at radius 2 is 1.80 bits per heavy atom. The first kappa shape index (κ1) is 27.1. The third-order valence-electron chi connectivity index (χ3n) is 5.80. The molecule has 1 saturated heterocycles. The van der Waals surface area contributed by atoms with Crippen molar-refractivity contribution >= 4 is 9.84 Å². The molecule has 2 aromatic rings. The molecule has 6 nitrogen and oxygen atoms in total. The molecule has 3 atom stereocenters. The first-order valence-electron chi connectivity index (χ1n) is 11.9. The van der Waals surface area contributed by atoms with Crippen LogP contribution in [0.1, 0.15) is 39.2 Å². The van der Waals surface area contributed by atoms with Crippen LogP contribution >= 0.6 is 0 Å². The largest absolute Gasteiger partial charge is 0.497 e. The number of hydrogen-bond donors (Lipinski definition) is 0. The normalized spacial score (nSPS) is 19.8. The topological polar surface area (TPSA) is 71.1 Å². The minimum atomic E-state index is -3.52. The zero-order chi connectivity index (χ0) is 25.3. The van der Waals surface area contributed by atoms with Crippen LogP contribution in [0.3, 0.4) is 0 Å². The summed E-state index contributed by atoms with van der Waals surface area (Å²) in [6.45, 7) is 6.59. The van der Waals surface area contributed by atoms with Crippen molar-refractivity contribution in [2.75, 3.05) is 13.7 Å². The zero-order valence-corrected chi connectivity index (χ0v) is 21.7. The highest BCUT2D eigenvalue weighted by Gasteiger charge is 2.31. The van der Waals surface area contributed by atoms with Gasteiger partial charge in [-0.2, -0.15) is 0 Å². The van der Waals surface area contributed by atoms with Crippen LogP contribution in [0.25, 0.3) is 0 Å². The van der Waals surface area contributed by atoms with E-state index < -0.39 is 20.9 Å². The molecule has 1 aliphatic heterocycles. The summed E-state index contributed by atoms with van der Waals surface area (Å²) in [5.74, 6) is 0.211. The van der Waals surface area contributed by atoms with Crippen LogP contribution in [0.5, 0.6) is 5.75 Å². The van der Waals surface area contributed by atoms with Crippen molar-refractivity contribution in [1.82, 2.24) is 0 Å². The molecule has 3 rings (SSSR count). The summed E-state index contributed by atoms with van der Waals surface area (Å²) in [5, 5.41) is -0.606. The number of methoxy groups -OCH3 is 1. The van der Waals surface area contributed by atoms with Crippen LogP contribution in [0, 0.1) is 0 Å². The highest BCUT2D eigenvalue weighted by molar-refractivity contribution is 7.92. The van der Waals surface area contributed by atoms with Crippen molar-refractivity contribution in [3.63, 3.8) is 0 Å². The first-order chi connectivity index (χ1) is 16.7. The Bertz CT molecular complexity index is 1070. The quantitative estimate of drug-likeness (QED) is 0.359. The standard InChI is InChI=1S/C28H36O6S/c1-22(32-20-23-15-17-24(31-4)18-16-23)19-27(35(29,30)26-12-8-6-9-13-26)14-10-5-7-11-25-21-33-28(2,3)34-25/h5-13,15-18,22,25,27H,14,19-21H2,1-4H3/b10-5+,11-7+/t22-,25+,27?/m1/s1. The van der Waals surface area contributed by atoms with Gasteiger partial charge in [0.25, 0.3) is 0 Å². The number of rotatable bonds is 12. The molecular formula is C28H36O6S. The SMILES string of the molecule is COc1ccc(CO[C@H](C)CC(C/C=C/C=C/[C@H]2COC(C)(C)O2)S(=O)(=O)c2ccccc2)cc1. The Hall–Kier alpha value is -2.45. The van der Waals surface area contributed by atoms with E-state index in [4.69, 9.17) is 18.9 Å². The maximum atomic E-state index is 13.4. The molecule has 0 aliphatic carbocycles. The summed E-state index contributed by atoms with van der Waals surface area (Å²) < 4.78 is 49.3. The van der Waals surface area contributed by atoms with E-state index in [2.05, 4.69) is 0 Å². The minimum Gasteiger partial charge on any atom is -0.497 e. The van der Waals surface area contributed by atoms with Crippen molar-refractivity contribution in [3.8, 4) is 5.75 Å². The predicted octanol–water partition coefficient (Wildman–Crippen LogP) is 5.49. The van der Waals surface area contributed by atoms with E-state index in [0.29, 0.717) is 31.0 Å². The number of hydrogen-bond acceptors (Lipinski definition) is 6. The van der Waals surface area contributed by atoms with Gasteiger partial charge in [0, 0.05) is 0 Å². The zero-order valence-electron chi connectivity index (χ0n) is 20.9. The lowest BCUT2D eigenvalue weighted by Gasteiger charge is -2.21. The maximum absolute atomic E-state index is 13.4. The van der Waals surface area contributed by atoms with Gasteiger partial charge in [-0.25, -0.2) is 8.42 Å². The molecule has 0 aromatic heterocycles. The number of sulfone groups is 1. The Balaban J connectivity index is 1.63. The molecule has 0 amide bonds. The average molecular weight is 501 g/mol. The molecule has 1 aliphatic rings. The lowest BCUT2D eigenvalue weighted by Crippen LogP contribution is -2.26. The van der Waals surface area contributed by atoms with E-state index >= 15 is 0 Å². The average Bonchev–Trinajstić information content (AvgIpc) is 3.20. The second kappa shape index (κ2) is 12.5. The second-order valence-corrected chi connectivity index (χ2v) is 11.3. The van der Waals surface area contributed by atoms with Crippen molar-refractivity contribution in [2.45, 2.75) is 68.4 Å². The Morgan fingerprint density at radius 3 is 2.43 bits per heavy atom. The molecule has 0 N–H and O–H groups in total. The first-order valence-corrected chi connectivity index (χ1v) is 13.4. The molecule has 0 radical (unpaired) electrons. The van der Waals surface area contributed by atoms with Gasteiger partial charge < -0.3 is 18.9 Å². The monoisotopic (exact) mass is 500 g/mol. The molecule has 1 heterocycles. The second-order valence-electron chi connectivity index (χ2n) is 9.10. The fraction of sp³-hybridized carbons (Fsp3) is 0.429. The smallest absolute Gasteiger partial charge is 0.181 e. The summed E-state index contributed by atoms with van der Waals surface area (Å²) in [6.07, 6.45) is 7.97.